The van der Waals surface area contributed by atoms with Crippen molar-refractivity contribution < 1.29 is 9.59 Å². The van der Waals surface area contributed by atoms with Crippen molar-refractivity contribution in [2.75, 3.05) is 39.3 Å². The van der Waals surface area contributed by atoms with Gasteiger partial charge in [0.1, 0.15) is 0 Å². The summed E-state index contributed by atoms with van der Waals surface area (Å²) in [6, 6.07) is 0.305. The van der Waals surface area contributed by atoms with Crippen LogP contribution >= 0.6 is 0 Å². The Kier molecular flexibility index (Phi) is 7.99. The molecule has 2 rings (SSSR count). The van der Waals surface area contributed by atoms with E-state index in [1.54, 1.807) is 0 Å². The number of carbonyl (C=O) groups is 2. The number of rotatable bonds is 8. The van der Waals surface area contributed by atoms with E-state index in [1.165, 1.54) is 12.8 Å². The van der Waals surface area contributed by atoms with Gasteiger partial charge in [0.15, 0.2) is 0 Å². The summed E-state index contributed by atoms with van der Waals surface area (Å²) in [6.07, 6.45) is 6.85. The molecule has 2 amide bonds. The number of piperazine rings is 1. The Morgan fingerprint density at radius 1 is 1.12 bits per heavy atom. The first-order valence-corrected chi connectivity index (χ1v) is 9.63. The Morgan fingerprint density at radius 2 is 1.79 bits per heavy atom. The van der Waals surface area contributed by atoms with Gasteiger partial charge in [0.05, 0.1) is 12.6 Å². The van der Waals surface area contributed by atoms with Crippen molar-refractivity contribution in [2.45, 2.75) is 64.5 Å². The molecule has 0 radical (unpaired) electrons. The number of amides is 2. The Bertz CT molecular complexity index is 402. The second-order valence-corrected chi connectivity index (χ2v) is 7.18. The lowest BCUT2D eigenvalue weighted by atomic mass is 10.2. The highest BCUT2D eigenvalue weighted by Gasteiger charge is 2.28. The Hall–Kier alpha value is -1.14. The molecule has 2 N–H and O–H groups in total. The second kappa shape index (κ2) is 9.99. The lowest BCUT2D eigenvalue weighted by Crippen LogP contribution is -2.55. The number of unbranched alkanes of at least 4 members (excludes halogenated alkanes) is 1. The molecule has 0 aromatic carbocycles. The fraction of sp³-hybridized carbons (Fsp3) is 0.889. The molecule has 0 spiro atoms. The van der Waals surface area contributed by atoms with Crippen LogP contribution in [0.15, 0.2) is 0 Å². The molecule has 1 saturated heterocycles. The zero-order valence-corrected chi connectivity index (χ0v) is 15.4. The van der Waals surface area contributed by atoms with Crippen LogP contribution in [-0.4, -0.2) is 73.0 Å². The molecule has 6 nitrogen and oxygen atoms in total. The number of hydrogen-bond donors (Lipinski definition) is 2. The van der Waals surface area contributed by atoms with Gasteiger partial charge in [-0.25, -0.2) is 0 Å². The highest BCUT2D eigenvalue weighted by atomic mass is 16.2. The van der Waals surface area contributed by atoms with Crippen LogP contribution in [0.25, 0.3) is 0 Å². The van der Waals surface area contributed by atoms with E-state index in [-0.39, 0.29) is 17.9 Å². The summed E-state index contributed by atoms with van der Waals surface area (Å²) < 4.78 is 0. The molecule has 0 aromatic heterocycles. The van der Waals surface area contributed by atoms with Gasteiger partial charge >= 0.3 is 0 Å². The van der Waals surface area contributed by atoms with E-state index in [4.69, 9.17) is 0 Å². The highest BCUT2D eigenvalue weighted by Crippen LogP contribution is 2.18. The Labute approximate surface area is 146 Å². The van der Waals surface area contributed by atoms with Crippen molar-refractivity contribution >= 4 is 11.8 Å². The number of hydrogen-bond acceptors (Lipinski definition) is 4. The molecule has 1 aliphatic carbocycles. The Balaban J connectivity index is 1.65. The zero-order chi connectivity index (χ0) is 17.4. The molecule has 1 atom stereocenters. The third-order valence-electron chi connectivity index (χ3n) is 5.26. The van der Waals surface area contributed by atoms with Crippen LogP contribution in [-0.2, 0) is 9.59 Å². The largest absolute Gasteiger partial charge is 0.355 e. The predicted molar refractivity (Wildman–Crippen MR) is 95.8 cm³/mol. The van der Waals surface area contributed by atoms with E-state index in [1.807, 2.05) is 6.92 Å². The molecule has 2 fully saturated rings. The molecule has 0 bridgehead atoms. The number of nitrogens with zero attached hydrogens (tertiary/aromatic N) is 2. The fourth-order valence-corrected chi connectivity index (χ4v) is 3.53. The minimum Gasteiger partial charge on any atom is -0.355 e. The minimum absolute atomic E-state index is 0.0777. The van der Waals surface area contributed by atoms with Gasteiger partial charge in [-0.3, -0.25) is 19.4 Å². The summed E-state index contributed by atoms with van der Waals surface area (Å²) in [5, 5.41) is 6.15. The van der Waals surface area contributed by atoms with Crippen LogP contribution < -0.4 is 10.6 Å². The van der Waals surface area contributed by atoms with E-state index in [9.17, 15) is 9.59 Å². The summed E-state index contributed by atoms with van der Waals surface area (Å²) in [5.41, 5.74) is 0. The molecule has 2 aliphatic rings. The third-order valence-corrected chi connectivity index (χ3v) is 5.26. The minimum atomic E-state index is -0.0777. The highest BCUT2D eigenvalue weighted by molar-refractivity contribution is 5.81. The summed E-state index contributed by atoms with van der Waals surface area (Å²) >= 11 is 0. The fourth-order valence-electron chi connectivity index (χ4n) is 3.53. The molecular formula is C18H34N4O2. The molecule has 24 heavy (non-hydrogen) atoms. The molecule has 1 saturated carbocycles. The molecule has 1 aliphatic heterocycles. The van der Waals surface area contributed by atoms with Gasteiger partial charge in [-0.05, 0) is 26.2 Å². The topological polar surface area (TPSA) is 64.7 Å². The molecule has 6 heteroatoms. The quantitative estimate of drug-likeness (QED) is 0.647. The lowest BCUT2D eigenvalue weighted by Gasteiger charge is -2.37. The van der Waals surface area contributed by atoms with Crippen LogP contribution in [0.1, 0.15) is 52.4 Å². The zero-order valence-electron chi connectivity index (χ0n) is 15.4. The number of carbonyl (C=O) groups excluding carboxylic acids is 2. The summed E-state index contributed by atoms with van der Waals surface area (Å²) in [6.45, 7) is 8.76. The average Bonchev–Trinajstić information content (AvgIpc) is 3.08. The van der Waals surface area contributed by atoms with Crippen LogP contribution in [0, 0.1) is 0 Å². The second-order valence-electron chi connectivity index (χ2n) is 7.18. The van der Waals surface area contributed by atoms with Crippen LogP contribution in [0.5, 0.6) is 0 Å². The lowest BCUT2D eigenvalue weighted by molar-refractivity contribution is -0.128. The summed E-state index contributed by atoms with van der Waals surface area (Å²) in [5.74, 6) is 0.275. The first-order chi connectivity index (χ1) is 11.6. The van der Waals surface area contributed by atoms with Crippen molar-refractivity contribution in [3.8, 4) is 0 Å². The monoisotopic (exact) mass is 338 g/mol. The van der Waals surface area contributed by atoms with Crippen LogP contribution in [0.4, 0.5) is 0 Å². The van der Waals surface area contributed by atoms with Gasteiger partial charge in [-0.1, -0.05) is 26.2 Å². The molecule has 0 aromatic rings. The average molecular weight is 338 g/mol. The van der Waals surface area contributed by atoms with Gasteiger partial charge in [-0.15, -0.1) is 0 Å². The van der Waals surface area contributed by atoms with Gasteiger partial charge in [0, 0.05) is 38.8 Å². The maximum Gasteiger partial charge on any atom is 0.237 e. The maximum absolute atomic E-state index is 12.4. The molecular weight excluding hydrogens is 304 g/mol. The van der Waals surface area contributed by atoms with E-state index in [0.717, 1.165) is 58.4 Å². The van der Waals surface area contributed by atoms with Gasteiger partial charge < -0.3 is 10.6 Å². The van der Waals surface area contributed by atoms with E-state index < -0.39 is 0 Å². The predicted octanol–water partition coefficient (Wildman–Crippen LogP) is 0.968. The molecule has 1 heterocycles. The van der Waals surface area contributed by atoms with Crippen LogP contribution in [0.2, 0.25) is 0 Å². The van der Waals surface area contributed by atoms with Crippen LogP contribution in [0.3, 0.4) is 0 Å². The third kappa shape index (κ3) is 6.06. The van der Waals surface area contributed by atoms with Gasteiger partial charge in [0.2, 0.25) is 11.8 Å². The van der Waals surface area contributed by atoms with Gasteiger partial charge in [-0.2, -0.15) is 0 Å². The SMILES string of the molecule is CCCCNC(=O)CN1CCN(C(C)C(=O)NC2CCCC2)CC1. The first kappa shape index (κ1) is 19.2. The van der Waals surface area contributed by atoms with Crippen molar-refractivity contribution in [1.82, 2.24) is 20.4 Å². The smallest absolute Gasteiger partial charge is 0.237 e. The normalized spacial score (nSPS) is 21.6. The first-order valence-electron chi connectivity index (χ1n) is 9.63. The molecule has 1 unspecified atom stereocenters. The summed E-state index contributed by atoms with van der Waals surface area (Å²) in [4.78, 5) is 28.7. The van der Waals surface area contributed by atoms with E-state index >= 15 is 0 Å². The van der Waals surface area contributed by atoms with Crippen molar-refractivity contribution in [2.24, 2.45) is 0 Å². The van der Waals surface area contributed by atoms with Crippen molar-refractivity contribution in [3.63, 3.8) is 0 Å². The summed E-state index contributed by atoms with van der Waals surface area (Å²) in [7, 11) is 0. The Morgan fingerprint density at radius 3 is 2.42 bits per heavy atom. The maximum atomic E-state index is 12.4. The van der Waals surface area contributed by atoms with Crippen molar-refractivity contribution in [3.05, 3.63) is 0 Å². The van der Waals surface area contributed by atoms with E-state index in [0.29, 0.717) is 12.6 Å². The van der Waals surface area contributed by atoms with E-state index in [2.05, 4.69) is 27.4 Å². The number of nitrogens with one attached hydrogen (secondary N) is 2. The van der Waals surface area contributed by atoms with Crippen molar-refractivity contribution in [1.29, 1.82) is 0 Å². The van der Waals surface area contributed by atoms with Gasteiger partial charge in [0.25, 0.3) is 0 Å². The molecule has 138 valence electrons. The standard InChI is InChI=1S/C18H34N4O2/c1-3-4-9-19-17(23)14-21-10-12-22(13-11-21)15(2)18(24)20-16-7-5-6-8-16/h15-16H,3-14H2,1-2H3,(H,19,23)(H,20,24).